The Bertz CT molecular complexity index is 540. The van der Waals surface area contributed by atoms with Gasteiger partial charge in [-0.25, -0.2) is 0 Å². The van der Waals surface area contributed by atoms with E-state index < -0.39 is 11.4 Å². The van der Waals surface area contributed by atoms with Crippen LogP contribution >= 0.6 is 0 Å². The minimum absolute atomic E-state index is 0.626. The molecule has 0 saturated heterocycles. The summed E-state index contributed by atoms with van der Waals surface area (Å²) >= 11 is 0. The van der Waals surface area contributed by atoms with Gasteiger partial charge < -0.3 is 9.67 Å². The average molecular weight is 231 g/mol. The number of hydrogen-bond donors (Lipinski definition) is 1. The lowest BCUT2D eigenvalue weighted by Crippen LogP contribution is -2.25. The van der Waals surface area contributed by atoms with Crippen LogP contribution in [0, 0.1) is 5.41 Å². The van der Waals surface area contributed by atoms with E-state index in [9.17, 15) is 4.79 Å². The van der Waals surface area contributed by atoms with Crippen LogP contribution < -0.4 is 0 Å². The molecule has 1 aromatic carbocycles. The first kappa shape index (κ1) is 11.7. The van der Waals surface area contributed by atoms with Crippen molar-refractivity contribution in [3.05, 3.63) is 36.5 Å². The van der Waals surface area contributed by atoms with E-state index in [1.807, 2.05) is 18.3 Å². The molecule has 90 valence electrons. The lowest BCUT2D eigenvalue weighted by Gasteiger charge is -2.19. The molecular weight excluding hydrogens is 214 g/mol. The first-order chi connectivity index (χ1) is 8.00. The molecule has 1 N–H and O–H groups in total. The van der Waals surface area contributed by atoms with Gasteiger partial charge in [0.05, 0.1) is 5.41 Å². The maximum Gasteiger partial charge on any atom is 0.309 e. The SMILES string of the molecule is CC(C)(CCn1ccc2ccccc21)C(=O)O. The van der Waals surface area contributed by atoms with Crippen LogP contribution in [0.2, 0.25) is 0 Å². The number of aromatic nitrogens is 1. The zero-order valence-electron chi connectivity index (χ0n) is 10.2. The summed E-state index contributed by atoms with van der Waals surface area (Å²) in [6, 6.07) is 10.2. The van der Waals surface area contributed by atoms with E-state index in [0.717, 1.165) is 12.1 Å². The van der Waals surface area contributed by atoms with E-state index in [4.69, 9.17) is 5.11 Å². The van der Waals surface area contributed by atoms with Gasteiger partial charge in [0.15, 0.2) is 0 Å². The highest BCUT2D eigenvalue weighted by Gasteiger charge is 2.26. The first-order valence-corrected chi connectivity index (χ1v) is 5.78. The number of aliphatic carboxylic acids is 1. The van der Waals surface area contributed by atoms with Crippen LogP contribution in [0.1, 0.15) is 20.3 Å². The Morgan fingerprint density at radius 2 is 2.00 bits per heavy atom. The minimum Gasteiger partial charge on any atom is -0.481 e. The van der Waals surface area contributed by atoms with Crippen molar-refractivity contribution in [1.82, 2.24) is 4.57 Å². The van der Waals surface area contributed by atoms with Crippen molar-refractivity contribution in [3.63, 3.8) is 0 Å². The molecular formula is C14H17NO2. The zero-order chi connectivity index (χ0) is 12.5. The Kier molecular flexibility index (Phi) is 2.92. The quantitative estimate of drug-likeness (QED) is 0.878. The van der Waals surface area contributed by atoms with Gasteiger partial charge in [-0.05, 0) is 37.8 Å². The number of para-hydroxylation sites is 1. The van der Waals surface area contributed by atoms with Crippen molar-refractivity contribution in [1.29, 1.82) is 0 Å². The van der Waals surface area contributed by atoms with Crippen LogP contribution in [0.3, 0.4) is 0 Å². The van der Waals surface area contributed by atoms with Gasteiger partial charge in [0.25, 0.3) is 0 Å². The first-order valence-electron chi connectivity index (χ1n) is 5.78. The summed E-state index contributed by atoms with van der Waals surface area (Å²) in [5.74, 6) is -0.742. The van der Waals surface area contributed by atoms with E-state index in [1.165, 1.54) is 5.39 Å². The van der Waals surface area contributed by atoms with Crippen molar-refractivity contribution in [2.45, 2.75) is 26.8 Å². The molecule has 0 bridgehead atoms. The zero-order valence-corrected chi connectivity index (χ0v) is 10.2. The Morgan fingerprint density at radius 3 is 2.71 bits per heavy atom. The lowest BCUT2D eigenvalue weighted by atomic mass is 9.89. The summed E-state index contributed by atoms with van der Waals surface area (Å²) in [7, 11) is 0. The molecule has 0 unspecified atom stereocenters. The largest absolute Gasteiger partial charge is 0.481 e. The Balaban J connectivity index is 2.17. The predicted octanol–water partition coefficient (Wildman–Crippen LogP) is 3.14. The molecule has 0 atom stereocenters. The molecule has 0 aliphatic heterocycles. The third-order valence-electron chi connectivity index (χ3n) is 3.24. The highest BCUT2D eigenvalue weighted by atomic mass is 16.4. The summed E-state index contributed by atoms with van der Waals surface area (Å²) in [5, 5.41) is 10.3. The van der Waals surface area contributed by atoms with Crippen LogP contribution in [-0.4, -0.2) is 15.6 Å². The number of benzene rings is 1. The van der Waals surface area contributed by atoms with Gasteiger partial charge in [-0.15, -0.1) is 0 Å². The van der Waals surface area contributed by atoms with Crippen LogP contribution in [0.15, 0.2) is 36.5 Å². The van der Waals surface area contributed by atoms with Crippen molar-refractivity contribution in [3.8, 4) is 0 Å². The summed E-state index contributed by atoms with van der Waals surface area (Å²) in [6.07, 6.45) is 2.64. The van der Waals surface area contributed by atoms with Crippen molar-refractivity contribution in [2.75, 3.05) is 0 Å². The highest BCUT2D eigenvalue weighted by molar-refractivity contribution is 5.80. The second-order valence-electron chi connectivity index (χ2n) is 5.01. The number of carboxylic acid groups (broad SMARTS) is 1. The van der Waals surface area contributed by atoms with E-state index in [0.29, 0.717) is 6.42 Å². The van der Waals surface area contributed by atoms with E-state index in [2.05, 4.69) is 22.8 Å². The Morgan fingerprint density at radius 1 is 1.29 bits per heavy atom. The maximum atomic E-state index is 11.0. The van der Waals surface area contributed by atoms with Gasteiger partial charge in [-0.3, -0.25) is 4.79 Å². The van der Waals surface area contributed by atoms with Crippen LogP contribution in [0.25, 0.3) is 10.9 Å². The fourth-order valence-corrected chi connectivity index (χ4v) is 1.84. The van der Waals surface area contributed by atoms with Crippen molar-refractivity contribution < 1.29 is 9.90 Å². The topological polar surface area (TPSA) is 42.2 Å². The van der Waals surface area contributed by atoms with Crippen molar-refractivity contribution >= 4 is 16.9 Å². The minimum atomic E-state index is -0.742. The molecule has 0 fully saturated rings. The number of hydrogen-bond acceptors (Lipinski definition) is 1. The van der Waals surface area contributed by atoms with Gasteiger partial charge in [-0.2, -0.15) is 0 Å². The molecule has 3 nitrogen and oxygen atoms in total. The normalized spacial score (nSPS) is 11.9. The molecule has 0 spiro atoms. The van der Waals surface area contributed by atoms with E-state index in [-0.39, 0.29) is 0 Å². The molecule has 0 radical (unpaired) electrons. The number of aryl methyl sites for hydroxylation is 1. The predicted molar refractivity (Wildman–Crippen MR) is 68.0 cm³/mol. The molecule has 2 rings (SSSR count). The molecule has 0 aliphatic rings. The Labute approximate surface area is 101 Å². The number of nitrogens with zero attached hydrogens (tertiary/aromatic N) is 1. The highest BCUT2D eigenvalue weighted by Crippen LogP contribution is 2.23. The Hall–Kier alpha value is -1.77. The van der Waals surface area contributed by atoms with Gasteiger partial charge >= 0.3 is 5.97 Å². The van der Waals surface area contributed by atoms with Gasteiger partial charge in [-0.1, -0.05) is 18.2 Å². The number of fused-ring (bicyclic) bond motifs is 1. The summed E-state index contributed by atoms with van der Waals surface area (Å²) in [5.41, 5.74) is 0.486. The van der Waals surface area contributed by atoms with Crippen molar-refractivity contribution in [2.24, 2.45) is 5.41 Å². The fraction of sp³-hybridized carbons (Fsp3) is 0.357. The second kappa shape index (κ2) is 4.24. The molecule has 17 heavy (non-hydrogen) atoms. The average Bonchev–Trinajstić information content (AvgIpc) is 2.69. The monoisotopic (exact) mass is 231 g/mol. The molecule has 0 aliphatic carbocycles. The summed E-state index contributed by atoms with van der Waals surface area (Å²) in [4.78, 5) is 11.0. The molecule has 1 heterocycles. The van der Waals surface area contributed by atoms with Crippen LogP contribution in [0.5, 0.6) is 0 Å². The standard InChI is InChI=1S/C14H17NO2/c1-14(2,13(16)17)8-10-15-9-7-11-5-3-4-6-12(11)15/h3-7,9H,8,10H2,1-2H3,(H,16,17). The van der Waals surface area contributed by atoms with E-state index in [1.54, 1.807) is 13.8 Å². The third kappa shape index (κ3) is 2.33. The lowest BCUT2D eigenvalue weighted by molar-refractivity contribution is -0.147. The molecule has 0 amide bonds. The summed E-state index contributed by atoms with van der Waals surface area (Å²) in [6.45, 7) is 4.26. The molecule has 3 heteroatoms. The summed E-state index contributed by atoms with van der Waals surface area (Å²) < 4.78 is 2.11. The molecule has 2 aromatic rings. The number of carbonyl (C=O) groups is 1. The fourth-order valence-electron chi connectivity index (χ4n) is 1.84. The smallest absolute Gasteiger partial charge is 0.309 e. The van der Waals surface area contributed by atoms with E-state index >= 15 is 0 Å². The van der Waals surface area contributed by atoms with Crippen LogP contribution in [-0.2, 0) is 11.3 Å². The number of carboxylic acids is 1. The molecule has 1 aromatic heterocycles. The van der Waals surface area contributed by atoms with Gasteiger partial charge in [0, 0.05) is 18.3 Å². The third-order valence-corrected chi connectivity index (χ3v) is 3.24. The second-order valence-corrected chi connectivity index (χ2v) is 5.01. The van der Waals surface area contributed by atoms with Gasteiger partial charge in [0.2, 0.25) is 0 Å². The van der Waals surface area contributed by atoms with Crippen LogP contribution in [0.4, 0.5) is 0 Å². The maximum absolute atomic E-state index is 11.0. The van der Waals surface area contributed by atoms with Gasteiger partial charge in [0.1, 0.15) is 0 Å². The molecule has 0 saturated carbocycles. The number of rotatable bonds is 4.